The van der Waals surface area contributed by atoms with Gasteiger partial charge in [0.1, 0.15) is 0 Å². The van der Waals surface area contributed by atoms with E-state index in [1.54, 1.807) is 0 Å². The van der Waals surface area contributed by atoms with Crippen LogP contribution in [0.5, 0.6) is 0 Å². The summed E-state index contributed by atoms with van der Waals surface area (Å²) in [6, 6.07) is 0. The van der Waals surface area contributed by atoms with Crippen LogP contribution in [0, 0.1) is 0 Å². The zero-order valence-corrected chi connectivity index (χ0v) is 12.0. The van der Waals surface area contributed by atoms with Gasteiger partial charge in [0.2, 0.25) is 0 Å². The highest BCUT2D eigenvalue weighted by molar-refractivity contribution is 7.09. The van der Waals surface area contributed by atoms with Crippen LogP contribution >= 0.6 is 11.3 Å². The smallest absolute Gasteiger partial charge is 0.0972 e. The Hall–Kier alpha value is -0.450. The Labute approximate surface area is 114 Å². The number of nitrogens with one attached hydrogen (secondary N) is 1. The second kappa shape index (κ2) is 5.68. The second-order valence-corrected chi connectivity index (χ2v) is 6.62. The Kier molecular flexibility index (Phi) is 3.97. The van der Waals surface area contributed by atoms with E-state index in [9.17, 15) is 0 Å². The van der Waals surface area contributed by atoms with Gasteiger partial charge in [-0.05, 0) is 52.4 Å². The monoisotopic (exact) mass is 265 g/mol. The summed E-state index contributed by atoms with van der Waals surface area (Å²) >= 11 is 1.89. The van der Waals surface area contributed by atoms with Gasteiger partial charge < -0.3 is 10.2 Å². The highest BCUT2D eigenvalue weighted by Crippen LogP contribution is 2.32. The van der Waals surface area contributed by atoms with Crippen molar-refractivity contribution >= 4 is 11.3 Å². The lowest BCUT2D eigenvalue weighted by atomic mass is 9.94. The minimum absolute atomic E-state index is 0.670. The first-order chi connectivity index (χ1) is 8.83. The third kappa shape index (κ3) is 2.76. The highest BCUT2D eigenvalue weighted by atomic mass is 32.1. The number of nitrogens with zero attached hydrogens (tertiary/aromatic N) is 2. The van der Waals surface area contributed by atoms with Crippen LogP contribution in [0.15, 0.2) is 5.38 Å². The maximum absolute atomic E-state index is 4.94. The van der Waals surface area contributed by atoms with Crippen LogP contribution in [0.25, 0.3) is 0 Å². The number of rotatable bonds is 2. The van der Waals surface area contributed by atoms with E-state index in [-0.39, 0.29) is 0 Å². The van der Waals surface area contributed by atoms with Gasteiger partial charge in [0.25, 0.3) is 0 Å². The van der Waals surface area contributed by atoms with Gasteiger partial charge in [-0.15, -0.1) is 11.3 Å². The fourth-order valence-electron chi connectivity index (χ4n) is 3.04. The summed E-state index contributed by atoms with van der Waals surface area (Å²) < 4.78 is 0. The fraction of sp³-hybridized carbons (Fsp3) is 0.786. The molecule has 0 aromatic carbocycles. The molecule has 1 unspecified atom stereocenters. The molecule has 1 N–H and O–H groups in total. The van der Waals surface area contributed by atoms with Crippen molar-refractivity contribution in [3.63, 3.8) is 0 Å². The molecule has 18 heavy (non-hydrogen) atoms. The van der Waals surface area contributed by atoms with Crippen molar-refractivity contribution in [1.82, 2.24) is 15.2 Å². The molecule has 4 heteroatoms. The van der Waals surface area contributed by atoms with E-state index >= 15 is 0 Å². The minimum atomic E-state index is 0.670. The molecule has 0 amide bonds. The Morgan fingerprint density at radius 2 is 2.11 bits per heavy atom. The van der Waals surface area contributed by atoms with Crippen molar-refractivity contribution in [3.8, 4) is 0 Å². The molecule has 2 fully saturated rings. The zero-order valence-electron chi connectivity index (χ0n) is 11.2. The van der Waals surface area contributed by atoms with Crippen molar-refractivity contribution in [2.75, 3.05) is 33.2 Å². The van der Waals surface area contributed by atoms with Crippen LogP contribution in [0.2, 0.25) is 0 Å². The van der Waals surface area contributed by atoms with E-state index in [0.29, 0.717) is 11.8 Å². The highest BCUT2D eigenvalue weighted by Gasteiger charge is 2.23. The lowest BCUT2D eigenvalue weighted by molar-refractivity contribution is 0.253. The average Bonchev–Trinajstić information content (AvgIpc) is 2.90. The third-order valence-electron chi connectivity index (χ3n) is 4.32. The number of hydrogen-bond donors (Lipinski definition) is 1. The van der Waals surface area contributed by atoms with E-state index in [4.69, 9.17) is 4.98 Å². The van der Waals surface area contributed by atoms with E-state index in [1.165, 1.54) is 56.0 Å². The summed E-state index contributed by atoms with van der Waals surface area (Å²) in [6.07, 6.45) is 5.17. The fourth-order valence-corrected chi connectivity index (χ4v) is 4.08. The molecule has 1 aromatic heterocycles. The van der Waals surface area contributed by atoms with Crippen LogP contribution in [-0.4, -0.2) is 43.1 Å². The lowest BCUT2D eigenvalue weighted by Crippen LogP contribution is -2.29. The summed E-state index contributed by atoms with van der Waals surface area (Å²) in [5.41, 5.74) is 1.37. The molecular formula is C14H23N3S. The Balaban J connectivity index is 1.65. The predicted octanol–water partition coefficient (Wildman–Crippen LogP) is 2.42. The van der Waals surface area contributed by atoms with Crippen LogP contribution in [0.1, 0.15) is 48.2 Å². The number of piperidine rings is 2. The third-order valence-corrected chi connectivity index (χ3v) is 5.35. The molecule has 2 aliphatic heterocycles. The van der Waals surface area contributed by atoms with Crippen molar-refractivity contribution < 1.29 is 0 Å². The van der Waals surface area contributed by atoms with Gasteiger partial charge in [0.05, 0.1) is 10.7 Å². The molecule has 2 saturated heterocycles. The van der Waals surface area contributed by atoms with Crippen LogP contribution < -0.4 is 5.32 Å². The van der Waals surface area contributed by atoms with Crippen molar-refractivity contribution in [2.45, 2.75) is 37.5 Å². The maximum atomic E-state index is 4.94. The van der Waals surface area contributed by atoms with Gasteiger partial charge >= 0.3 is 0 Å². The van der Waals surface area contributed by atoms with Crippen LogP contribution in [-0.2, 0) is 0 Å². The van der Waals surface area contributed by atoms with Gasteiger partial charge in [-0.1, -0.05) is 0 Å². The molecule has 0 saturated carbocycles. The normalized spacial score (nSPS) is 27.5. The molecule has 0 aliphatic carbocycles. The molecule has 1 aromatic rings. The summed E-state index contributed by atoms with van der Waals surface area (Å²) in [6.45, 7) is 4.76. The van der Waals surface area contributed by atoms with Gasteiger partial charge in [-0.25, -0.2) is 4.98 Å². The average molecular weight is 265 g/mol. The number of hydrogen-bond acceptors (Lipinski definition) is 4. The van der Waals surface area contributed by atoms with E-state index in [2.05, 4.69) is 22.6 Å². The lowest BCUT2D eigenvalue weighted by Gasteiger charge is -2.28. The summed E-state index contributed by atoms with van der Waals surface area (Å²) in [5.74, 6) is 1.38. The van der Waals surface area contributed by atoms with Gasteiger partial charge in [-0.3, -0.25) is 0 Å². The van der Waals surface area contributed by atoms with Gasteiger partial charge in [-0.2, -0.15) is 0 Å². The van der Waals surface area contributed by atoms with Crippen LogP contribution in [0.4, 0.5) is 0 Å². The van der Waals surface area contributed by atoms with Gasteiger partial charge in [0, 0.05) is 23.8 Å². The molecule has 0 bridgehead atoms. The Morgan fingerprint density at radius 3 is 2.83 bits per heavy atom. The first-order valence-corrected chi connectivity index (χ1v) is 8.05. The quantitative estimate of drug-likeness (QED) is 0.890. The number of thiazole rings is 1. The Bertz CT molecular complexity index is 376. The molecule has 0 radical (unpaired) electrons. The molecule has 100 valence electrons. The largest absolute Gasteiger partial charge is 0.316 e. The molecule has 2 aliphatic rings. The van der Waals surface area contributed by atoms with E-state index < -0.39 is 0 Å². The predicted molar refractivity (Wildman–Crippen MR) is 76.4 cm³/mol. The molecule has 1 atom stereocenters. The SMILES string of the molecule is CN1CCC(c2csc(C3CCCNC3)n2)CC1. The zero-order chi connectivity index (χ0) is 12.4. The summed E-state index contributed by atoms with van der Waals surface area (Å²) in [5, 5.41) is 7.18. The van der Waals surface area contributed by atoms with Crippen molar-refractivity contribution in [2.24, 2.45) is 0 Å². The van der Waals surface area contributed by atoms with Crippen molar-refractivity contribution in [1.29, 1.82) is 0 Å². The molecule has 3 nitrogen and oxygen atoms in total. The van der Waals surface area contributed by atoms with Gasteiger partial charge in [0.15, 0.2) is 0 Å². The standard InChI is InChI=1S/C14H23N3S/c1-17-7-4-11(5-8-17)13-10-18-14(16-13)12-3-2-6-15-9-12/h10-12,15H,2-9H2,1H3. The second-order valence-electron chi connectivity index (χ2n) is 5.73. The molecule has 0 spiro atoms. The number of aromatic nitrogens is 1. The summed E-state index contributed by atoms with van der Waals surface area (Å²) in [4.78, 5) is 7.37. The molecule has 3 rings (SSSR count). The summed E-state index contributed by atoms with van der Waals surface area (Å²) in [7, 11) is 2.22. The first-order valence-electron chi connectivity index (χ1n) is 7.17. The van der Waals surface area contributed by atoms with Crippen LogP contribution in [0.3, 0.4) is 0 Å². The maximum Gasteiger partial charge on any atom is 0.0972 e. The van der Waals surface area contributed by atoms with Crippen molar-refractivity contribution in [3.05, 3.63) is 16.1 Å². The van der Waals surface area contributed by atoms with E-state index in [1.807, 2.05) is 11.3 Å². The first kappa shape index (κ1) is 12.6. The topological polar surface area (TPSA) is 28.2 Å². The Morgan fingerprint density at radius 1 is 1.28 bits per heavy atom. The number of likely N-dealkylation sites (tertiary alicyclic amines) is 1. The van der Waals surface area contributed by atoms with E-state index in [0.717, 1.165) is 6.54 Å². The minimum Gasteiger partial charge on any atom is -0.316 e. The molecule has 3 heterocycles. The molecular weight excluding hydrogens is 242 g/mol.